The molecule has 1 aromatic carbocycles. The second-order valence-corrected chi connectivity index (χ2v) is 2.93. The molecule has 1 N–H and O–H groups in total. The monoisotopic (exact) mass is 177 g/mol. The molecule has 0 fully saturated rings. The van der Waals surface area contributed by atoms with Gasteiger partial charge in [-0.2, -0.15) is 0 Å². The molecule has 0 saturated carbocycles. The minimum atomic E-state index is 0.493. The highest BCUT2D eigenvalue weighted by Crippen LogP contribution is 2.13. The second-order valence-electron chi connectivity index (χ2n) is 2.93. The minimum absolute atomic E-state index is 0.493. The van der Waals surface area contributed by atoms with E-state index in [9.17, 15) is 0 Å². The molecule has 2 heteroatoms. The molecule has 0 amide bonds. The van der Waals surface area contributed by atoms with E-state index in [1.165, 1.54) is 5.56 Å². The van der Waals surface area contributed by atoms with Gasteiger partial charge in [-0.25, -0.2) is 0 Å². The lowest BCUT2D eigenvalue weighted by molar-refractivity contribution is 0.258. The fourth-order valence-electron chi connectivity index (χ4n) is 0.982. The van der Waals surface area contributed by atoms with Gasteiger partial charge in [0.15, 0.2) is 0 Å². The Hall–Kier alpha value is -1.28. The molecule has 0 saturated heterocycles. The smallest absolute Gasteiger partial charge is 0.139 e. The number of ether oxygens (including phenoxy) is 1. The molecule has 13 heavy (non-hydrogen) atoms. The van der Waals surface area contributed by atoms with Gasteiger partial charge in [-0.05, 0) is 14.0 Å². The Morgan fingerprint density at radius 2 is 2.00 bits per heavy atom. The van der Waals surface area contributed by atoms with Crippen LogP contribution in [0.5, 0.6) is 0 Å². The van der Waals surface area contributed by atoms with Crippen LogP contribution in [0.1, 0.15) is 11.1 Å². The fourth-order valence-corrected chi connectivity index (χ4v) is 0.982. The number of nitrogens with one attached hydrogen (secondary N) is 1. The van der Waals surface area contributed by atoms with E-state index in [2.05, 4.69) is 18.8 Å². The molecule has 0 radical (unpaired) electrons. The summed E-state index contributed by atoms with van der Waals surface area (Å²) in [4.78, 5) is 0. The zero-order valence-corrected chi connectivity index (χ0v) is 8.13. The van der Waals surface area contributed by atoms with Crippen molar-refractivity contribution >= 4 is 5.76 Å². The van der Waals surface area contributed by atoms with Gasteiger partial charge in [0.05, 0.1) is 0 Å². The summed E-state index contributed by atoms with van der Waals surface area (Å²) in [6.45, 7) is 6.38. The Balaban J connectivity index is 2.61. The van der Waals surface area contributed by atoms with Crippen molar-refractivity contribution in [1.29, 1.82) is 0 Å². The summed E-state index contributed by atoms with van der Waals surface area (Å²) in [6, 6.07) is 8.10. The lowest BCUT2D eigenvalue weighted by Crippen LogP contribution is -2.10. The Morgan fingerprint density at radius 3 is 2.54 bits per heavy atom. The Labute approximate surface area is 79.2 Å². The van der Waals surface area contributed by atoms with Crippen LogP contribution in [0, 0.1) is 6.92 Å². The fraction of sp³-hybridized carbons (Fsp3) is 0.273. The van der Waals surface area contributed by atoms with E-state index in [-0.39, 0.29) is 0 Å². The molecule has 0 atom stereocenters. The standard InChI is InChI=1S/C11H15NO/c1-9-4-6-11(7-5-9)10(2)13-8-12-3/h4-7,12H,2,8H2,1,3H3. The molecular formula is C11H15NO. The van der Waals surface area contributed by atoms with Crippen molar-refractivity contribution in [2.24, 2.45) is 0 Å². The number of aryl methyl sites for hydroxylation is 1. The van der Waals surface area contributed by atoms with Gasteiger partial charge in [0, 0.05) is 5.56 Å². The first-order valence-electron chi connectivity index (χ1n) is 4.27. The third kappa shape index (κ3) is 2.92. The Morgan fingerprint density at radius 1 is 1.38 bits per heavy atom. The first kappa shape index (κ1) is 9.81. The van der Waals surface area contributed by atoms with E-state index < -0.39 is 0 Å². The molecular weight excluding hydrogens is 162 g/mol. The third-order valence-electron chi connectivity index (χ3n) is 1.76. The van der Waals surface area contributed by atoms with E-state index in [4.69, 9.17) is 4.74 Å². The number of benzene rings is 1. The lowest BCUT2D eigenvalue weighted by Gasteiger charge is -2.08. The molecule has 2 nitrogen and oxygen atoms in total. The van der Waals surface area contributed by atoms with Crippen LogP contribution < -0.4 is 5.32 Å². The SMILES string of the molecule is C=C(OCNC)c1ccc(C)cc1. The van der Waals surface area contributed by atoms with Gasteiger partial charge in [-0.15, -0.1) is 0 Å². The quantitative estimate of drug-likeness (QED) is 0.562. The topological polar surface area (TPSA) is 21.3 Å². The van der Waals surface area contributed by atoms with Gasteiger partial charge in [0.2, 0.25) is 0 Å². The highest BCUT2D eigenvalue weighted by Gasteiger charge is 1.97. The van der Waals surface area contributed by atoms with E-state index >= 15 is 0 Å². The van der Waals surface area contributed by atoms with E-state index in [0.29, 0.717) is 12.5 Å². The van der Waals surface area contributed by atoms with Gasteiger partial charge in [0.25, 0.3) is 0 Å². The summed E-state index contributed by atoms with van der Waals surface area (Å²) >= 11 is 0. The highest BCUT2D eigenvalue weighted by molar-refractivity contribution is 5.57. The average molecular weight is 177 g/mol. The molecule has 70 valence electrons. The van der Waals surface area contributed by atoms with E-state index in [0.717, 1.165) is 5.56 Å². The third-order valence-corrected chi connectivity index (χ3v) is 1.76. The van der Waals surface area contributed by atoms with E-state index in [1.807, 2.05) is 31.3 Å². The highest BCUT2D eigenvalue weighted by atomic mass is 16.5. The number of hydrogen-bond acceptors (Lipinski definition) is 2. The maximum absolute atomic E-state index is 5.31. The minimum Gasteiger partial charge on any atom is -0.478 e. The summed E-state index contributed by atoms with van der Waals surface area (Å²) in [7, 11) is 1.84. The molecule has 0 aromatic heterocycles. The Bertz CT molecular complexity index is 277. The zero-order chi connectivity index (χ0) is 9.68. The van der Waals surface area contributed by atoms with Crippen LogP contribution in [0.25, 0.3) is 5.76 Å². The van der Waals surface area contributed by atoms with Crippen LogP contribution in [0.15, 0.2) is 30.8 Å². The van der Waals surface area contributed by atoms with Crippen LogP contribution in [-0.4, -0.2) is 13.8 Å². The van der Waals surface area contributed by atoms with Crippen molar-refractivity contribution in [2.75, 3.05) is 13.8 Å². The van der Waals surface area contributed by atoms with Gasteiger partial charge < -0.3 is 4.74 Å². The Kier molecular flexibility index (Phi) is 3.53. The predicted molar refractivity (Wildman–Crippen MR) is 55.2 cm³/mol. The van der Waals surface area contributed by atoms with Gasteiger partial charge >= 0.3 is 0 Å². The number of hydrogen-bond donors (Lipinski definition) is 1. The van der Waals surface area contributed by atoms with Gasteiger partial charge in [0.1, 0.15) is 12.5 Å². The predicted octanol–water partition coefficient (Wildman–Crippen LogP) is 2.16. The molecule has 0 aliphatic rings. The molecule has 0 spiro atoms. The molecule has 0 unspecified atom stereocenters. The maximum atomic E-state index is 5.31. The first-order chi connectivity index (χ1) is 6.24. The van der Waals surface area contributed by atoms with Gasteiger partial charge in [-0.3, -0.25) is 5.32 Å². The van der Waals surface area contributed by atoms with Crippen molar-refractivity contribution in [3.63, 3.8) is 0 Å². The average Bonchev–Trinajstić information content (AvgIpc) is 2.15. The summed E-state index contributed by atoms with van der Waals surface area (Å²) in [5, 5.41) is 2.90. The van der Waals surface area contributed by atoms with Crippen LogP contribution in [-0.2, 0) is 4.74 Å². The van der Waals surface area contributed by atoms with Crippen LogP contribution >= 0.6 is 0 Å². The van der Waals surface area contributed by atoms with Crippen LogP contribution in [0.3, 0.4) is 0 Å². The largest absolute Gasteiger partial charge is 0.478 e. The molecule has 0 heterocycles. The van der Waals surface area contributed by atoms with Crippen molar-refractivity contribution < 1.29 is 4.74 Å². The molecule has 1 aromatic rings. The number of rotatable bonds is 4. The molecule has 0 bridgehead atoms. The van der Waals surface area contributed by atoms with Crippen molar-refractivity contribution in [3.05, 3.63) is 42.0 Å². The summed E-state index contributed by atoms with van der Waals surface area (Å²) in [5.74, 6) is 0.703. The van der Waals surface area contributed by atoms with Crippen molar-refractivity contribution in [2.45, 2.75) is 6.92 Å². The molecule has 0 aliphatic heterocycles. The molecule has 0 aliphatic carbocycles. The summed E-state index contributed by atoms with van der Waals surface area (Å²) in [5.41, 5.74) is 2.27. The lowest BCUT2D eigenvalue weighted by atomic mass is 10.1. The van der Waals surface area contributed by atoms with Gasteiger partial charge in [-0.1, -0.05) is 36.4 Å². The zero-order valence-electron chi connectivity index (χ0n) is 8.13. The van der Waals surface area contributed by atoms with Crippen LogP contribution in [0.4, 0.5) is 0 Å². The second kappa shape index (κ2) is 4.67. The maximum Gasteiger partial charge on any atom is 0.139 e. The summed E-state index contributed by atoms with van der Waals surface area (Å²) in [6.07, 6.45) is 0. The first-order valence-corrected chi connectivity index (χ1v) is 4.27. The van der Waals surface area contributed by atoms with Crippen molar-refractivity contribution in [3.8, 4) is 0 Å². The van der Waals surface area contributed by atoms with Crippen LogP contribution in [0.2, 0.25) is 0 Å². The normalized spacial score (nSPS) is 9.69. The summed E-state index contributed by atoms with van der Waals surface area (Å²) < 4.78 is 5.31. The molecule has 1 rings (SSSR count). The van der Waals surface area contributed by atoms with E-state index in [1.54, 1.807) is 0 Å². The van der Waals surface area contributed by atoms with Crippen molar-refractivity contribution in [1.82, 2.24) is 5.32 Å².